The van der Waals surface area contributed by atoms with Crippen LogP contribution in [0.4, 0.5) is 0 Å². The Balaban J connectivity index is 4.14. The lowest BCUT2D eigenvalue weighted by molar-refractivity contribution is -0.167. The van der Waals surface area contributed by atoms with E-state index in [9.17, 15) is 14.4 Å². The smallest absolute Gasteiger partial charge is 0.306 e. The van der Waals surface area contributed by atoms with E-state index in [0.717, 1.165) is 96.3 Å². The SMILES string of the molecule is CCC/C=C\C/C=C\CCCCCCCC(=O)OC(COC(=O)CCCCCCCC)COC(=O)CCCCCCCCCCCCC/C=C\C/C=C\CCCCCCC. The molecule has 0 amide bonds. The Morgan fingerprint density at radius 2 is 0.633 bits per heavy atom. The largest absolute Gasteiger partial charge is 0.462 e. The van der Waals surface area contributed by atoms with Crippen molar-refractivity contribution in [3.63, 3.8) is 0 Å². The number of hydrogen-bond acceptors (Lipinski definition) is 6. The predicted molar refractivity (Wildman–Crippen MR) is 256 cm³/mol. The Labute approximate surface area is 371 Å². The van der Waals surface area contributed by atoms with E-state index in [-0.39, 0.29) is 31.1 Å². The van der Waals surface area contributed by atoms with Crippen LogP contribution in [0.5, 0.6) is 0 Å². The van der Waals surface area contributed by atoms with E-state index in [0.29, 0.717) is 19.3 Å². The highest BCUT2D eigenvalue weighted by Gasteiger charge is 2.19. The van der Waals surface area contributed by atoms with Gasteiger partial charge in [0.25, 0.3) is 0 Å². The lowest BCUT2D eigenvalue weighted by atomic mass is 10.0. The first kappa shape index (κ1) is 57.4. The average molecular weight is 841 g/mol. The van der Waals surface area contributed by atoms with Crippen molar-refractivity contribution in [3.8, 4) is 0 Å². The third-order valence-electron chi connectivity index (χ3n) is 11.0. The van der Waals surface area contributed by atoms with Crippen molar-refractivity contribution in [2.24, 2.45) is 0 Å². The van der Waals surface area contributed by atoms with Crippen molar-refractivity contribution in [2.75, 3.05) is 13.2 Å². The summed E-state index contributed by atoms with van der Waals surface area (Å²) in [5.74, 6) is -0.901. The molecule has 1 unspecified atom stereocenters. The highest BCUT2D eigenvalue weighted by atomic mass is 16.6. The minimum absolute atomic E-state index is 0.0789. The molecule has 6 nitrogen and oxygen atoms in total. The third kappa shape index (κ3) is 46.4. The van der Waals surface area contributed by atoms with Crippen molar-refractivity contribution >= 4 is 17.9 Å². The summed E-state index contributed by atoms with van der Waals surface area (Å²) < 4.78 is 16.7. The van der Waals surface area contributed by atoms with Crippen LogP contribution < -0.4 is 0 Å². The van der Waals surface area contributed by atoms with Gasteiger partial charge in [0.1, 0.15) is 13.2 Å². The monoisotopic (exact) mass is 841 g/mol. The van der Waals surface area contributed by atoms with Gasteiger partial charge in [-0.1, -0.05) is 211 Å². The second kappa shape index (κ2) is 49.0. The molecule has 0 bridgehead atoms. The van der Waals surface area contributed by atoms with Crippen LogP contribution in [-0.2, 0) is 28.6 Å². The molecular weight excluding hydrogens is 745 g/mol. The molecule has 0 spiro atoms. The van der Waals surface area contributed by atoms with Gasteiger partial charge in [0, 0.05) is 19.3 Å². The van der Waals surface area contributed by atoms with Crippen molar-refractivity contribution in [1.82, 2.24) is 0 Å². The topological polar surface area (TPSA) is 78.9 Å². The molecule has 0 aliphatic carbocycles. The maximum Gasteiger partial charge on any atom is 0.306 e. The number of allylic oxidation sites excluding steroid dienone is 8. The molecule has 0 aliphatic rings. The van der Waals surface area contributed by atoms with Crippen LogP contribution in [0.3, 0.4) is 0 Å². The average Bonchev–Trinajstić information content (AvgIpc) is 3.24. The van der Waals surface area contributed by atoms with Gasteiger partial charge in [-0.25, -0.2) is 0 Å². The molecule has 0 fully saturated rings. The third-order valence-corrected chi connectivity index (χ3v) is 11.0. The van der Waals surface area contributed by atoms with Crippen LogP contribution in [0.25, 0.3) is 0 Å². The summed E-state index contributed by atoms with van der Waals surface area (Å²) in [4.78, 5) is 37.7. The zero-order chi connectivity index (χ0) is 43.7. The molecule has 0 rings (SSSR count). The number of rotatable bonds is 46. The summed E-state index contributed by atoms with van der Waals surface area (Å²) in [5, 5.41) is 0. The van der Waals surface area contributed by atoms with Crippen LogP contribution >= 0.6 is 0 Å². The fourth-order valence-electron chi connectivity index (χ4n) is 7.16. The van der Waals surface area contributed by atoms with Gasteiger partial charge in [-0.3, -0.25) is 14.4 Å². The first-order valence-electron chi connectivity index (χ1n) is 25.6. The molecule has 1 atom stereocenters. The fraction of sp³-hybridized carbons (Fsp3) is 0.796. The number of unbranched alkanes of at least 4 members (excludes halogenated alkanes) is 27. The first-order chi connectivity index (χ1) is 29.5. The van der Waals surface area contributed by atoms with Crippen LogP contribution in [0.15, 0.2) is 48.6 Å². The molecule has 6 heteroatoms. The van der Waals surface area contributed by atoms with Gasteiger partial charge in [0.2, 0.25) is 0 Å². The van der Waals surface area contributed by atoms with Gasteiger partial charge >= 0.3 is 17.9 Å². The van der Waals surface area contributed by atoms with Crippen molar-refractivity contribution in [2.45, 2.75) is 264 Å². The number of ether oxygens (including phenoxy) is 3. The molecule has 0 radical (unpaired) electrons. The molecular formula is C54H96O6. The van der Waals surface area contributed by atoms with Crippen LogP contribution in [0.1, 0.15) is 258 Å². The molecule has 0 N–H and O–H groups in total. The molecule has 0 saturated carbocycles. The van der Waals surface area contributed by atoms with E-state index in [1.54, 1.807) is 0 Å². The zero-order valence-corrected chi connectivity index (χ0v) is 39.7. The summed E-state index contributed by atoms with van der Waals surface area (Å²) in [5.41, 5.74) is 0. The first-order valence-corrected chi connectivity index (χ1v) is 25.6. The molecule has 0 saturated heterocycles. The number of carbonyl (C=O) groups is 3. The minimum Gasteiger partial charge on any atom is -0.462 e. The van der Waals surface area contributed by atoms with E-state index in [4.69, 9.17) is 14.2 Å². The van der Waals surface area contributed by atoms with Gasteiger partial charge in [-0.2, -0.15) is 0 Å². The molecule has 348 valence electrons. The van der Waals surface area contributed by atoms with Crippen molar-refractivity contribution < 1.29 is 28.6 Å². The summed E-state index contributed by atoms with van der Waals surface area (Å²) in [6.07, 6.45) is 58.4. The van der Waals surface area contributed by atoms with E-state index in [1.807, 2.05) is 0 Å². The Morgan fingerprint density at radius 3 is 0.983 bits per heavy atom. The summed E-state index contributed by atoms with van der Waals surface area (Å²) in [6, 6.07) is 0. The van der Waals surface area contributed by atoms with Crippen LogP contribution in [0.2, 0.25) is 0 Å². The van der Waals surface area contributed by atoms with E-state index in [2.05, 4.69) is 69.4 Å². The molecule has 0 aromatic carbocycles. The van der Waals surface area contributed by atoms with Gasteiger partial charge < -0.3 is 14.2 Å². The lowest BCUT2D eigenvalue weighted by Gasteiger charge is -2.18. The van der Waals surface area contributed by atoms with Crippen molar-refractivity contribution in [3.05, 3.63) is 48.6 Å². The second-order valence-electron chi connectivity index (χ2n) is 17.1. The molecule has 60 heavy (non-hydrogen) atoms. The van der Waals surface area contributed by atoms with E-state index in [1.165, 1.54) is 122 Å². The Bertz CT molecular complexity index is 1060. The number of esters is 3. The maximum atomic E-state index is 12.7. The Kier molecular flexibility index (Phi) is 46.9. The summed E-state index contributed by atoms with van der Waals surface area (Å²) in [6.45, 7) is 6.50. The van der Waals surface area contributed by atoms with Crippen molar-refractivity contribution in [1.29, 1.82) is 0 Å². The Morgan fingerprint density at radius 1 is 0.333 bits per heavy atom. The molecule has 0 aromatic rings. The van der Waals surface area contributed by atoms with Gasteiger partial charge in [0.15, 0.2) is 6.10 Å². The van der Waals surface area contributed by atoms with Crippen LogP contribution in [-0.4, -0.2) is 37.2 Å². The zero-order valence-electron chi connectivity index (χ0n) is 39.7. The standard InChI is InChI=1S/C54H96O6/c1-4-7-10-13-16-18-20-22-23-24-25-26-27-28-29-30-31-33-34-36-38-41-44-47-53(56)59-50-51(49-58-52(55)46-43-40-15-12-9-6-3)60-54(57)48-45-42-39-37-35-32-21-19-17-14-11-8-5-2/h11,14,19-22,24-25,51H,4-10,12-13,15-18,23,26-50H2,1-3H3/b14-11-,21-19-,22-20-,25-24-. The summed E-state index contributed by atoms with van der Waals surface area (Å²) >= 11 is 0. The normalized spacial score (nSPS) is 12.4. The number of hydrogen-bond donors (Lipinski definition) is 0. The lowest BCUT2D eigenvalue weighted by Crippen LogP contribution is -2.30. The van der Waals surface area contributed by atoms with Gasteiger partial charge in [0.05, 0.1) is 0 Å². The molecule has 0 heterocycles. The van der Waals surface area contributed by atoms with Gasteiger partial charge in [-0.15, -0.1) is 0 Å². The van der Waals surface area contributed by atoms with E-state index >= 15 is 0 Å². The molecule has 0 aliphatic heterocycles. The minimum atomic E-state index is -0.776. The number of carbonyl (C=O) groups excluding carboxylic acids is 3. The van der Waals surface area contributed by atoms with E-state index < -0.39 is 6.10 Å². The highest BCUT2D eigenvalue weighted by molar-refractivity contribution is 5.71. The second-order valence-corrected chi connectivity index (χ2v) is 17.1. The maximum absolute atomic E-state index is 12.7. The fourth-order valence-corrected chi connectivity index (χ4v) is 7.16. The quantitative estimate of drug-likeness (QED) is 0.0263. The van der Waals surface area contributed by atoms with Gasteiger partial charge in [-0.05, 0) is 77.0 Å². The predicted octanol–water partition coefficient (Wildman–Crippen LogP) is 16.7. The highest BCUT2D eigenvalue weighted by Crippen LogP contribution is 2.15. The molecule has 0 aromatic heterocycles. The summed E-state index contributed by atoms with van der Waals surface area (Å²) in [7, 11) is 0. The van der Waals surface area contributed by atoms with Crippen LogP contribution in [0, 0.1) is 0 Å². The Hall–Kier alpha value is -2.63.